The van der Waals surface area contributed by atoms with Crippen molar-refractivity contribution in [1.29, 1.82) is 0 Å². The molecule has 0 aromatic rings. The number of ether oxygens (including phenoxy) is 1. The van der Waals surface area contributed by atoms with Gasteiger partial charge in [0, 0.05) is 6.42 Å². The van der Waals surface area contributed by atoms with Crippen molar-refractivity contribution in [3.8, 4) is 0 Å². The summed E-state index contributed by atoms with van der Waals surface area (Å²) >= 11 is 0. The second-order valence-electron chi connectivity index (χ2n) is 4.48. The molecule has 6 heteroatoms. The van der Waals surface area contributed by atoms with E-state index in [1.54, 1.807) is 0 Å². The quantitative estimate of drug-likeness (QED) is 0.345. The molecule has 0 saturated heterocycles. The van der Waals surface area contributed by atoms with E-state index >= 15 is 0 Å². The molecule has 0 aliphatic carbocycles. The maximum atomic E-state index is 10.7. The Labute approximate surface area is 108 Å². The van der Waals surface area contributed by atoms with Gasteiger partial charge in [-0.2, -0.15) is 0 Å². The predicted octanol–water partition coefficient (Wildman–Crippen LogP) is 0.874. The van der Waals surface area contributed by atoms with E-state index in [4.69, 9.17) is 10.8 Å². The van der Waals surface area contributed by atoms with Crippen molar-refractivity contribution in [1.82, 2.24) is 0 Å². The molecule has 2 unspecified atom stereocenters. The van der Waals surface area contributed by atoms with E-state index in [0.717, 1.165) is 25.7 Å². The number of primary amides is 1. The number of hydrogen-bond donors (Lipinski definition) is 4. The van der Waals surface area contributed by atoms with Gasteiger partial charge in [0.25, 0.3) is 0 Å². The summed E-state index contributed by atoms with van der Waals surface area (Å²) in [5, 5.41) is 28.2. The first-order chi connectivity index (χ1) is 8.46. The number of aliphatic hydroxyl groups excluding tert-OH is 2. The van der Waals surface area contributed by atoms with E-state index in [0.29, 0.717) is 6.42 Å². The van der Waals surface area contributed by atoms with Crippen molar-refractivity contribution in [2.24, 2.45) is 5.73 Å². The van der Waals surface area contributed by atoms with Crippen LogP contribution in [0.15, 0.2) is 0 Å². The molecule has 0 aliphatic rings. The molecule has 18 heavy (non-hydrogen) atoms. The normalized spacial score (nSPS) is 16.0. The summed E-state index contributed by atoms with van der Waals surface area (Å²) in [5.74, 6) is -2.09. The number of amides is 1. The van der Waals surface area contributed by atoms with Crippen molar-refractivity contribution in [3.05, 3.63) is 0 Å². The van der Waals surface area contributed by atoms with Gasteiger partial charge in [-0.1, -0.05) is 39.0 Å². The van der Waals surface area contributed by atoms with Gasteiger partial charge in [-0.25, -0.2) is 4.79 Å². The second kappa shape index (κ2) is 9.13. The van der Waals surface area contributed by atoms with E-state index in [-0.39, 0.29) is 6.42 Å². The van der Waals surface area contributed by atoms with Gasteiger partial charge < -0.3 is 25.8 Å². The third-order valence-electron chi connectivity index (χ3n) is 2.86. The third kappa shape index (κ3) is 6.78. The first-order valence-electron chi connectivity index (χ1n) is 6.46. The van der Waals surface area contributed by atoms with Crippen molar-refractivity contribution < 1.29 is 24.9 Å². The number of aliphatic hydroxyl groups is 3. The van der Waals surface area contributed by atoms with E-state index in [2.05, 4.69) is 11.7 Å². The zero-order valence-electron chi connectivity index (χ0n) is 11.0. The Bertz CT molecular complexity index is 237. The van der Waals surface area contributed by atoms with Crippen LogP contribution in [0, 0.1) is 0 Å². The molecular formula is C12H25NO5. The topological polar surface area (TPSA) is 113 Å². The summed E-state index contributed by atoms with van der Waals surface area (Å²) in [5.41, 5.74) is 4.83. The highest BCUT2D eigenvalue weighted by Crippen LogP contribution is 2.21. The average molecular weight is 263 g/mol. The second-order valence-corrected chi connectivity index (χ2v) is 4.48. The number of hydrogen-bond acceptors (Lipinski definition) is 5. The molecule has 1 amide bonds. The SMILES string of the molecule is CCCCCCCCC(O)(OC(N)=O)C(O)CO. The lowest BCUT2D eigenvalue weighted by atomic mass is 10.0. The maximum Gasteiger partial charge on any atom is 0.407 e. The number of carbonyl (C=O) groups excluding carboxylic acids is 1. The molecule has 108 valence electrons. The molecule has 0 aliphatic heterocycles. The third-order valence-corrected chi connectivity index (χ3v) is 2.86. The first-order valence-corrected chi connectivity index (χ1v) is 6.46. The number of unbranched alkanes of at least 4 members (excludes halogenated alkanes) is 5. The molecule has 2 atom stereocenters. The molecule has 6 nitrogen and oxygen atoms in total. The monoisotopic (exact) mass is 263 g/mol. The summed E-state index contributed by atoms with van der Waals surface area (Å²) in [6, 6.07) is 0. The lowest BCUT2D eigenvalue weighted by Gasteiger charge is -2.30. The number of carbonyl (C=O) groups is 1. The summed E-state index contributed by atoms with van der Waals surface area (Å²) in [7, 11) is 0. The van der Waals surface area contributed by atoms with Crippen molar-refractivity contribution >= 4 is 6.09 Å². The maximum absolute atomic E-state index is 10.7. The van der Waals surface area contributed by atoms with E-state index in [1.807, 2.05) is 0 Å². The lowest BCUT2D eigenvalue weighted by Crippen LogP contribution is -2.49. The largest absolute Gasteiger partial charge is 0.414 e. The smallest absolute Gasteiger partial charge is 0.407 e. The van der Waals surface area contributed by atoms with Crippen molar-refractivity contribution in [3.63, 3.8) is 0 Å². The van der Waals surface area contributed by atoms with Crippen LogP contribution in [-0.2, 0) is 4.74 Å². The molecule has 0 saturated carbocycles. The highest BCUT2D eigenvalue weighted by Gasteiger charge is 2.38. The lowest BCUT2D eigenvalue weighted by molar-refractivity contribution is -0.233. The summed E-state index contributed by atoms with van der Waals surface area (Å²) in [6.45, 7) is 1.43. The van der Waals surface area contributed by atoms with Crippen LogP contribution >= 0.6 is 0 Å². The summed E-state index contributed by atoms with van der Waals surface area (Å²) in [6.07, 6.45) is 3.26. The Kier molecular flexibility index (Phi) is 8.70. The fourth-order valence-electron chi connectivity index (χ4n) is 1.76. The Hall–Kier alpha value is -0.850. The first kappa shape index (κ1) is 17.2. The molecule has 0 aromatic heterocycles. The molecule has 0 rings (SSSR count). The molecule has 5 N–H and O–H groups in total. The molecule has 0 fully saturated rings. The van der Waals surface area contributed by atoms with Crippen LogP contribution in [0.4, 0.5) is 4.79 Å². The van der Waals surface area contributed by atoms with Gasteiger partial charge in [0.05, 0.1) is 6.61 Å². The van der Waals surface area contributed by atoms with Crippen LogP contribution in [0.5, 0.6) is 0 Å². The van der Waals surface area contributed by atoms with Crippen LogP contribution in [0.1, 0.15) is 51.9 Å². The van der Waals surface area contributed by atoms with Gasteiger partial charge in [0.15, 0.2) is 0 Å². The number of rotatable bonds is 10. The van der Waals surface area contributed by atoms with Crippen LogP contribution in [0.3, 0.4) is 0 Å². The van der Waals surface area contributed by atoms with Crippen LogP contribution in [0.2, 0.25) is 0 Å². The van der Waals surface area contributed by atoms with Gasteiger partial charge in [0.2, 0.25) is 5.79 Å². The standard InChI is InChI=1S/C12H25NO5/c1-2-3-4-5-6-7-8-12(17,10(15)9-14)18-11(13)16/h10,14-15,17H,2-9H2,1H3,(H2,13,16). The van der Waals surface area contributed by atoms with E-state index in [9.17, 15) is 15.0 Å². The van der Waals surface area contributed by atoms with Crippen molar-refractivity contribution in [2.75, 3.05) is 6.61 Å². The molecule has 0 spiro atoms. The fraction of sp³-hybridized carbons (Fsp3) is 0.917. The highest BCUT2D eigenvalue weighted by atomic mass is 16.7. The predicted molar refractivity (Wildman–Crippen MR) is 66.7 cm³/mol. The zero-order valence-corrected chi connectivity index (χ0v) is 11.0. The molecular weight excluding hydrogens is 238 g/mol. The average Bonchev–Trinajstić information content (AvgIpc) is 2.31. The van der Waals surface area contributed by atoms with Crippen molar-refractivity contribution in [2.45, 2.75) is 63.8 Å². The van der Waals surface area contributed by atoms with E-state index in [1.165, 1.54) is 6.42 Å². The van der Waals surface area contributed by atoms with Gasteiger partial charge in [0.1, 0.15) is 6.10 Å². The molecule has 0 radical (unpaired) electrons. The minimum absolute atomic E-state index is 0.0593. The Balaban J connectivity index is 4.05. The molecule has 0 heterocycles. The minimum atomic E-state index is -2.09. The van der Waals surface area contributed by atoms with E-state index < -0.39 is 24.6 Å². The molecule has 0 bridgehead atoms. The van der Waals surface area contributed by atoms with Gasteiger partial charge in [-0.05, 0) is 6.42 Å². The van der Waals surface area contributed by atoms with Crippen LogP contribution < -0.4 is 5.73 Å². The Morgan fingerprint density at radius 2 is 1.83 bits per heavy atom. The van der Waals surface area contributed by atoms with Gasteiger partial charge in [-0.15, -0.1) is 0 Å². The number of nitrogens with two attached hydrogens (primary N) is 1. The van der Waals surface area contributed by atoms with Crippen LogP contribution in [-0.4, -0.2) is 39.9 Å². The van der Waals surface area contributed by atoms with Crippen LogP contribution in [0.25, 0.3) is 0 Å². The Morgan fingerprint density at radius 1 is 1.28 bits per heavy atom. The Morgan fingerprint density at radius 3 is 2.33 bits per heavy atom. The summed E-state index contributed by atoms with van der Waals surface area (Å²) < 4.78 is 4.50. The molecule has 0 aromatic carbocycles. The minimum Gasteiger partial charge on any atom is -0.414 e. The highest BCUT2D eigenvalue weighted by molar-refractivity contribution is 5.65. The summed E-state index contributed by atoms with van der Waals surface area (Å²) in [4.78, 5) is 10.7. The fourth-order valence-corrected chi connectivity index (χ4v) is 1.76. The van der Waals surface area contributed by atoms with Gasteiger partial charge in [-0.3, -0.25) is 0 Å². The zero-order chi connectivity index (χ0) is 14.0. The van der Waals surface area contributed by atoms with Gasteiger partial charge >= 0.3 is 6.09 Å².